The van der Waals surface area contributed by atoms with Crippen molar-refractivity contribution in [2.45, 2.75) is 32.4 Å². The first-order valence-electron chi connectivity index (χ1n) is 13.1. The molecule has 1 heterocycles. The third-order valence-electron chi connectivity index (χ3n) is 8.02. The highest BCUT2D eigenvalue weighted by molar-refractivity contribution is 6.13. The Bertz CT molecular complexity index is 1770. The van der Waals surface area contributed by atoms with Gasteiger partial charge in [0, 0.05) is 35.0 Å². The second kappa shape index (κ2) is 8.47. The number of benzene rings is 5. The lowest BCUT2D eigenvalue weighted by molar-refractivity contribution is 0.664. The number of rotatable bonds is 5. The number of nitrogens with one attached hydrogen (secondary N) is 1. The van der Waals surface area contributed by atoms with Gasteiger partial charge in [-0.2, -0.15) is 0 Å². The molecule has 2 heteroatoms. The van der Waals surface area contributed by atoms with E-state index in [1.807, 2.05) is 0 Å². The number of nitrogens with zero attached hydrogens (tertiary/aromatic N) is 1. The van der Waals surface area contributed by atoms with Crippen molar-refractivity contribution in [1.82, 2.24) is 9.88 Å². The molecular weight excluding hydrogens is 448 g/mol. The van der Waals surface area contributed by atoms with Crippen molar-refractivity contribution >= 4 is 21.8 Å². The number of hydrogen-bond donors (Lipinski definition) is 1. The third kappa shape index (κ3) is 3.44. The lowest BCUT2D eigenvalue weighted by Crippen LogP contribution is -2.16. The molecule has 1 aromatic heterocycles. The van der Waals surface area contributed by atoms with E-state index < -0.39 is 0 Å². The van der Waals surface area contributed by atoms with Gasteiger partial charge in [-0.05, 0) is 51.6 Å². The van der Waals surface area contributed by atoms with Gasteiger partial charge in [0.1, 0.15) is 0 Å². The van der Waals surface area contributed by atoms with Gasteiger partial charge in [0.25, 0.3) is 0 Å². The Morgan fingerprint density at radius 2 is 1.35 bits per heavy atom. The smallest absolute Gasteiger partial charge is 0.0588 e. The van der Waals surface area contributed by atoms with Crippen LogP contribution in [0.3, 0.4) is 0 Å². The predicted molar refractivity (Wildman–Crippen MR) is 155 cm³/mol. The van der Waals surface area contributed by atoms with Crippen molar-refractivity contribution in [2.75, 3.05) is 0 Å². The van der Waals surface area contributed by atoms with Crippen molar-refractivity contribution in [3.63, 3.8) is 0 Å². The molecule has 1 aliphatic carbocycles. The maximum atomic E-state index is 3.62. The summed E-state index contributed by atoms with van der Waals surface area (Å²) in [5, 5.41) is 6.25. The van der Waals surface area contributed by atoms with Crippen molar-refractivity contribution in [2.24, 2.45) is 0 Å². The normalized spacial score (nSPS) is 13.7. The summed E-state index contributed by atoms with van der Waals surface area (Å²) < 4.78 is 2.50. The van der Waals surface area contributed by atoms with Crippen LogP contribution in [0.2, 0.25) is 0 Å². The molecule has 0 aliphatic heterocycles. The van der Waals surface area contributed by atoms with E-state index in [9.17, 15) is 0 Å². The van der Waals surface area contributed by atoms with Gasteiger partial charge in [0.2, 0.25) is 0 Å². The highest BCUT2D eigenvalue weighted by Gasteiger charge is 2.38. The minimum atomic E-state index is -0.0770. The molecule has 180 valence electrons. The molecule has 1 aliphatic rings. The fourth-order valence-corrected chi connectivity index (χ4v) is 6.33. The zero-order chi connectivity index (χ0) is 25.0. The van der Waals surface area contributed by atoms with Crippen LogP contribution in [-0.2, 0) is 18.5 Å². The van der Waals surface area contributed by atoms with E-state index in [0.717, 1.165) is 13.1 Å². The second-order valence-electron chi connectivity index (χ2n) is 10.7. The minimum Gasteiger partial charge on any atom is -0.309 e. The Labute approximate surface area is 218 Å². The van der Waals surface area contributed by atoms with E-state index in [0.29, 0.717) is 0 Å². The Morgan fingerprint density at radius 1 is 0.622 bits per heavy atom. The zero-order valence-electron chi connectivity index (χ0n) is 21.3. The van der Waals surface area contributed by atoms with Crippen LogP contribution in [0, 0.1) is 0 Å². The summed E-state index contributed by atoms with van der Waals surface area (Å²) >= 11 is 0. The van der Waals surface area contributed by atoms with Gasteiger partial charge in [0.15, 0.2) is 0 Å². The molecule has 0 radical (unpaired) electrons. The fraction of sp³-hybridized carbons (Fsp3) is 0.143. The summed E-state index contributed by atoms with van der Waals surface area (Å²) in [5.74, 6) is 0. The molecule has 5 aromatic carbocycles. The highest BCUT2D eigenvalue weighted by atomic mass is 15.0. The quantitative estimate of drug-likeness (QED) is 0.263. The molecule has 0 unspecified atom stereocenters. The summed E-state index contributed by atoms with van der Waals surface area (Å²) in [4.78, 5) is 0. The summed E-state index contributed by atoms with van der Waals surface area (Å²) in [6.07, 6.45) is 0. The van der Waals surface area contributed by atoms with Crippen molar-refractivity contribution in [3.8, 4) is 16.8 Å². The average Bonchev–Trinajstić information content (AvgIpc) is 3.39. The monoisotopic (exact) mass is 478 g/mol. The fourth-order valence-electron chi connectivity index (χ4n) is 6.33. The van der Waals surface area contributed by atoms with Gasteiger partial charge < -0.3 is 9.88 Å². The van der Waals surface area contributed by atoms with E-state index >= 15 is 0 Å². The largest absolute Gasteiger partial charge is 0.309 e. The summed E-state index contributed by atoms with van der Waals surface area (Å²) in [7, 11) is 0. The highest BCUT2D eigenvalue weighted by Crippen LogP contribution is 2.52. The summed E-state index contributed by atoms with van der Waals surface area (Å²) in [6.45, 7) is 6.45. The Hall–Kier alpha value is -4.14. The van der Waals surface area contributed by atoms with E-state index in [-0.39, 0.29) is 5.41 Å². The standard InChI is InChI=1S/C35H30N2/c1-35(2)31-17-8-6-15-27(31)29-19-20-30-28-16-7-9-18-32(28)37(34(30)33(29)35)26-14-10-13-25(21-26)23-36-22-24-11-4-3-5-12-24/h3-21,36H,22-23H2,1-2H3. The lowest BCUT2D eigenvalue weighted by Gasteiger charge is -2.23. The van der Waals surface area contributed by atoms with Crippen molar-refractivity contribution in [1.29, 1.82) is 0 Å². The molecular formula is C35H30N2. The first-order chi connectivity index (χ1) is 18.1. The molecule has 0 atom stereocenters. The van der Waals surface area contributed by atoms with Crippen molar-refractivity contribution < 1.29 is 0 Å². The second-order valence-corrected chi connectivity index (χ2v) is 10.7. The van der Waals surface area contributed by atoms with Gasteiger partial charge >= 0.3 is 0 Å². The van der Waals surface area contributed by atoms with E-state index in [4.69, 9.17) is 0 Å². The predicted octanol–water partition coefficient (Wildman–Crippen LogP) is 8.38. The van der Waals surface area contributed by atoms with Gasteiger partial charge in [-0.1, -0.05) is 111 Å². The van der Waals surface area contributed by atoms with Crippen LogP contribution in [0.15, 0.2) is 115 Å². The first-order valence-corrected chi connectivity index (χ1v) is 13.1. The number of aromatic nitrogens is 1. The van der Waals surface area contributed by atoms with Gasteiger partial charge in [-0.25, -0.2) is 0 Å². The van der Waals surface area contributed by atoms with Crippen LogP contribution >= 0.6 is 0 Å². The molecule has 0 fully saturated rings. The van der Waals surface area contributed by atoms with E-state index in [1.54, 1.807) is 0 Å². The lowest BCUT2D eigenvalue weighted by atomic mass is 9.81. The maximum Gasteiger partial charge on any atom is 0.0588 e. The zero-order valence-corrected chi connectivity index (χ0v) is 21.3. The van der Waals surface area contributed by atoms with E-state index in [2.05, 4.69) is 139 Å². The average molecular weight is 479 g/mol. The molecule has 6 aromatic rings. The Kier molecular flexibility index (Phi) is 5.05. The molecule has 1 N–H and O–H groups in total. The van der Waals surface area contributed by atoms with Crippen LogP contribution in [-0.4, -0.2) is 4.57 Å². The Balaban J connectivity index is 1.39. The first kappa shape index (κ1) is 22.1. The van der Waals surface area contributed by atoms with Crippen LogP contribution in [0.4, 0.5) is 0 Å². The summed E-state index contributed by atoms with van der Waals surface area (Å²) in [6, 6.07) is 42.0. The number of hydrogen-bond acceptors (Lipinski definition) is 1. The molecule has 0 bridgehead atoms. The van der Waals surface area contributed by atoms with Crippen molar-refractivity contribution in [3.05, 3.63) is 138 Å². The molecule has 7 rings (SSSR count). The van der Waals surface area contributed by atoms with Gasteiger partial charge in [-0.3, -0.25) is 0 Å². The van der Waals surface area contributed by atoms with Crippen LogP contribution in [0.1, 0.15) is 36.1 Å². The van der Waals surface area contributed by atoms with Gasteiger partial charge in [0.05, 0.1) is 11.0 Å². The molecule has 0 saturated carbocycles. The maximum absolute atomic E-state index is 3.62. The molecule has 0 spiro atoms. The molecule has 37 heavy (non-hydrogen) atoms. The SMILES string of the molecule is CC1(C)c2ccccc2-c2ccc3c4ccccc4n(-c4cccc(CNCc5ccccc5)c4)c3c21. The molecule has 2 nitrogen and oxygen atoms in total. The molecule has 0 amide bonds. The molecule has 0 saturated heterocycles. The van der Waals surface area contributed by atoms with Crippen LogP contribution in [0.25, 0.3) is 38.6 Å². The number of fused-ring (bicyclic) bond motifs is 7. The van der Waals surface area contributed by atoms with Crippen LogP contribution < -0.4 is 5.32 Å². The third-order valence-corrected chi connectivity index (χ3v) is 8.02. The van der Waals surface area contributed by atoms with E-state index in [1.165, 1.54) is 60.9 Å². The number of para-hydroxylation sites is 1. The summed E-state index contributed by atoms with van der Waals surface area (Å²) in [5.41, 5.74) is 11.9. The minimum absolute atomic E-state index is 0.0770. The Morgan fingerprint density at radius 3 is 2.24 bits per heavy atom. The van der Waals surface area contributed by atoms with Gasteiger partial charge in [-0.15, -0.1) is 0 Å². The topological polar surface area (TPSA) is 17.0 Å². The van der Waals surface area contributed by atoms with Crippen LogP contribution in [0.5, 0.6) is 0 Å².